The molecule has 2 fully saturated rings. The lowest BCUT2D eigenvalue weighted by atomic mass is 9.85. The van der Waals surface area contributed by atoms with E-state index in [-0.39, 0.29) is 11.4 Å². The van der Waals surface area contributed by atoms with Crippen molar-refractivity contribution >= 4 is 5.91 Å². The van der Waals surface area contributed by atoms with Crippen LogP contribution in [0.4, 0.5) is 0 Å². The summed E-state index contributed by atoms with van der Waals surface area (Å²) in [5.41, 5.74) is 0.0617. The van der Waals surface area contributed by atoms with Crippen molar-refractivity contribution in [3.8, 4) is 5.75 Å². The van der Waals surface area contributed by atoms with Gasteiger partial charge >= 0.3 is 0 Å². The molecule has 1 aromatic carbocycles. The first-order valence-electron chi connectivity index (χ1n) is 9.64. The van der Waals surface area contributed by atoms with Gasteiger partial charge in [0.2, 0.25) is 5.91 Å². The van der Waals surface area contributed by atoms with Gasteiger partial charge in [-0.3, -0.25) is 9.69 Å². The van der Waals surface area contributed by atoms with Crippen LogP contribution < -0.4 is 10.1 Å². The average molecular weight is 361 g/mol. The van der Waals surface area contributed by atoms with Crippen LogP contribution in [-0.2, 0) is 9.53 Å². The highest BCUT2D eigenvalue weighted by molar-refractivity contribution is 5.76. The standard InChI is InChI=1S/C20H31N3O3/c1-22-10-8-20(9-11-22,23-12-15-25-16-13-23)17-21-19(24)7-14-26-18-5-3-2-4-6-18/h2-6H,7-17H2,1H3,(H,21,24). The topological polar surface area (TPSA) is 54.0 Å². The zero-order valence-electron chi connectivity index (χ0n) is 15.8. The minimum absolute atomic E-state index is 0.0617. The van der Waals surface area contributed by atoms with E-state index < -0.39 is 0 Å². The number of amides is 1. The summed E-state index contributed by atoms with van der Waals surface area (Å²) in [5, 5.41) is 3.17. The minimum Gasteiger partial charge on any atom is -0.493 e. The number of likely N-dealkylation sites (tertiary alicyclic amines) is 1. The molecule has 2 aliphatic heterocycles. The molecule has 0 aromatic heterocycles. The highest BCUT2D eigenvalue weighted by atomic mass is 16.5. The number of hydrogen-bond donors (Lipinski definition) is 1. The maximum absolute atomic E-state index is 12.3. The molecule has 144 valence electrons. The van der Waals surface area contributed by atoms with Gasteiger partial charge in [0.05, 0.1) is 26.2 Å². The van der Waals surface area contributed by atoms with Gasteiger partial charge in [0.25, 0.3) is 0 Å². The Balaban J connectivity index is 1.48. The van der Waals surface area contributed by atoms with Crippen LogP contribution in [0.3, 0.4) is 0 Å². The Hall–Kier alpha value is -1.63. The Morgan fingerprint density at radius 3 is 2.54 bits per heavy atom. The number of carbonyl (C=O) groups is 1. The average Bonchev–Trinajstić information content (AvgIpc) is 2.69. The third kappa shape index (κ3) is 5.19. The summed E-state index contributed by atoms with van der Waals surface area (Å²) in [6.07, 6.45) is 2.56. The van der Waals surface area contributed by atoms with Gasteiger partial charge in [0.15, 0.2) is 0 Å². The monoisotopic (exact) mass is 361 g/mol. The molecule has 1 aromatic rings. The van der Waals surface area contributed by atoms with Crippen LogP contribution in [0.25, 0.3) is 0 Å². The Morgan fingerprint density at radius 2 is 1.85 bits per heavy atom. The summed E-state index contributed by atoms with van der Waals surface area (Å²) in [5.74, 6) is 0.868. The first-order valence-corrected chi connectivity index (χ1v) is 9.64. The number of carbonyl (C=O) groups excluding carboxylic acids is 1. The Kier molecular flexibility index (Phi) is 6.88. The van der Waals surface area contributed by atoms with Crippen LogP contribution in [0, 0.1) is 0 Å². The molecule has 26 heavy (non-hydrogen) atoms. The van der Waals surface area contributed by atoms with E-state index in [2.05, 4.69) is 22.2 Å². The van der Waals surface area contributed by atoms with Gasteiger partial charge in [-0.1, -0.05) is 18.2 Å². The van der Waals surface area contributed by atoms with E-state index in [1.807, 2.05) is 30.3 Å². The highest BCUT2D eigenvalue weighted by Crippen LogP contribution is 2.29. The van der Waals surface area contributed by atoms with Crippen molar-refractivity contribution in [3.63, 3.8) is 0 Å². The number of morpholine rings is 1. The van der Waals surface area contributed by atoms with Crippen molar-refractivity contribution in [2.75, 3.05) is 59.6 Å². The fourth-order valence-corrected chi connectivity index (χ4v) is 3.81. The first-order chi connectivity index (χ1) is 12.7. The molecule has 0 atom stereocenters. The second kappa shape index (κ2) is 9.35. The molecule has 6 heteroatoms. The zero-order chi connectivity index (χ0) is 18.2. The predicted molar refractivity (Wildman–Crippen MR) is 101 cm³/mol. The van der Waals surface area contributed by atoms with Crippen molar-refractivity contribution < 1.29 is 14.3 Å². The number of benzene rings is 1. The third-order valence-corrected chi connectivity index (χ3v) is 5.56. The second-order valence-electron chi connectivity index (χ2n) is 7.32. The van der Waals surface area contributed by atoms with Crippen LogP contribution >= 0.6 is 0 Å². The zero-order valence-corrected chi connectivity index (χ0v) is 15.8. The summed E-state index contributed by atoms with van der Waals surface area (Å²) in [4.78, 5) is 17.2. The molecule has 0 bridgehead atoms. The molecule has 2 aliphatic rings. The van der Waals surface area contributed by atoms with Gasteiger partial charge in [0, 0.05) is 25.2 Å². The molecule has 6 nitrogen and oxygen atoms in total. The van der Waals surface area contributed by atoms with Crippen molar-refractivity contribution in [3.05, 3.63) is 30.3 Å². The quantitative estimate of drug-likeness (QED) is 0.795. The molecule has 0 unspecified atom stereocenters. The summed E-state index contributed by atoms with van der Waals surface area (Å²) in [6, 6.07) is 9.63. The third-order valence-electron chi connectivity index (χ3n) is 5.56. The molecule has 3 rings (SSSR count). The minimum atomic E-state index is 0.0617. The van der Waals surface area contributed by atoms with E-state index in [4.69, 9.17) is 9.47 Å². The van der Waals surface area contributed by atoms with E-state index in [0.29, 0.717) is 19.6 Å². The fraction of sp³-hybridized carbons (Fsp3) is 0.650. The Morgan fingerprint density at radius 1 is 1.15 bits per heavy atom. The van der Waals surface area contributed by atoms with Crippen LogP contribution in [0.2, 0.25) is 0 Å². The summed E-state index contributed by atoms with van der Waals surface area (Å²) in [7, 11) is 2.17. The molecule has 0 spiro atoms. The lowest BCUT2D eigenvalue weighted by molar-refractivity contribution is -0.123. The van der Waals surface area contributed by atoms with E-state index in [9.17, 15) is 4.79 Å². The molecule has 2 heterocycles. The molecule has 0 aliphatic carbocycles. The van der Waals surface area contributed by atoms with E-state index in [1.165, 1.54) is 0 Å². The molecular formula is C20H31N3O3. The number of rotatable bonds is 7. The lowest BCUT2D eigenvalue weighted by Gasteiger charge is -2.49. The molecular weight excluding hydrogens is 330 g/mol. The number of para-hydroxylation sites is 1. The SMILES string of the molecule is CN1CCC(CNC(=O)CCOc2ccccc2)(N2CCOCC2)CC1. The maximum Gasteiger partial charge on any atom is 0.223 e. The smallest absolute Gasteiger partial charge is 0.223 e. The second-order valence-corrected chi connectivity index (χ2v) is 7.32. The summed E-state index contributed by atoms with van der Waals surface area (Å²) >= 11 is 0. The molecule has 1 N–H and O–H groups in total. The van der Waals surface area contributed by atoms with Crippen LogP contribution in [0.15, 0.2) is 30.3 Å². The number of hydrogen-bond acceptors (Lipinski definition) is 5. The fourth-order valence-electron chi connectivity index (χ4n) is 3.81. The maximum atomic E-state index is 12.3. The van der Waals surface area contributed by atoms with Gasteiger partial charge in [0.1, 0.15) is 5.75 Å². The van der Waals surface area contributed by atoms with E-state index in [1.54, 1.807) is 0 Å². The first kappa shape index (κ1) is 19.1. The molecule has 2 saturated heterocycles. The van der Waals surface area contributed by atoms with Crippen molar-refractivity contribution in [2.45, 2.75) is 24.8 Å². The Bertz CT molecular complexity index is 553. The molecule has 0 saturated carbocycles. The van der Waals surface area contributed by atoms with Crippen LogP contribution in [0.5, 0.6) is 5.75 Å². The van der Waals surface area contributed by atoms with Crippen molar-refractivity contribution in [1.29, 1.82) is 0 Å². The summed E-state index contributed by atoms with van der Waals surface area (Å²) in [6.45, 7) is 6.75. The van der Waals surface area contributed by atoms with Gasteiger partial charge in [-0.2, -0.15) is 0 Å². The molecule has 1 amide bonds. The van der Waals surface area contributed by atoms with Crippen LogP contribution in [0.1, 0.15) is 19.3 Å². The van der Waals surface area contributed by atoms with Gasteiger partial charge in [-0.15, -0.1) is 0 Å². The van der Waals surface area contributed by atoms with Gasteiger partial charge in [-0.05, 0) is 45.1 Å². The summed E-state index contributed by atoms with van der Waals surface area (Å²) < 4.78 is 11.2. The molecule has 0 radical (unpaired) electrons. The Labute approximate surface area is 156 Å². The number of ether oxygens (including phenoxy) is 2. The van der Waals surface area contributed by atoms with Gasteiger partial charge < -0.3 is 19.7 Å². The highest BCUT2D eigenvalue weighted by Gasteiger charge is 2.39. The lowest BCUT2D eigenvalue weighted by Crippen LogP contribution is -2.62. The van der Waals surface area contributed by atoms with Crippen LogP contribution in [-0.4, -0.2) is 80.8 Å². The van der Waals surface area contributed by atoms with Crippen molar-refractivity contribution in [2.24, 2.45) is 0 Å². The number of nitrogens with zero attached hydrogens (tertiary/aromatic N) is 2. The number of piperidine rings is 1. The van der Waals surface area contributed by atoms with Gasteiger partial charge in [-0.25, -0.2) is 0 Å². The normalized spacial score (nSPS) is 21.3. The van der Waals surface area contributed by atoms with E-state index >= 15 is 0 Å². The van der Waals surface area contributed by atoms with E-state index in [0.717, 1.165) is 58.0 Å². The predicted octanol–water partition coefficient (Wildman–Crippen LogP) is 1.37. The number of nitrogens with one attached hydrogen (secondary N) is 1. The van der Waals surface area contributed by atoms with Crippen molar-refractivity contribution in [1.82, 2.24) is 15.1 Å². The largest absolute Gasteiger partial charge is 0.493 e.